The summed E-state index contributed by atoms with van der Waals surface area (Å²) in [6.45, 7) is 3.65. The van der Waals surface area contributed by atoms with Gasteiger partial charge >= 0.3 is 12.2 Å². The highest BCUT2D eigenvalue weighted by Gasteiger charge is 2.56. The van der Waals surface area contributed by atoms with E-state index < -0.39 is 12.2 Å². The molecule has 3 amide bonds. The van der Waals surface area contributed by atoms with E-state index in [0.29, 0.717) is 73.4 Å². The van der Waals surface area contributed by atoms with E-state index >= 15 is 0 Å². The van der Waals surface area contributed by atoms with E-state index in [1.165, 1.54) is 16.0 Å². The van der Waals surface area contributed by atoms with Gasteiger partial charge in [0, 0.05) is 58.3 Å². The molecule has 5 unspecified atom stereocenters. The van der Waals surface area contributed by atoms with Gasteiger partial charge in [-0.05, 0) is 126 Å². The molecule has 0 bridgehead atoms. The van der Waals surface area contributed by atoms with Crippen LogP contribution in [0.1, 0.15) is 68.1 Å². The zero-order valence-electron chi connectivity index (χ0n) is 27.6. The number of amides is 3. The van der Waals surface area contributed by atoms with Crippen molar-refractivity contribution in [3.63, 3.8) is 0 Å². The number of alkyl carbamates (subject to hydrolysis) is 1. The van der Waals surface area contributed by atoms with Gasteiger partial charge in [0.15, 0.2) is 0 Å². The third-order valence-electron chi connectivity index (χ3n) is 10.6. The van der Waals surface area contributed by atoms with Gasteiger partial charge in [-0.25, -0.2) is 9.59 Å². The van der Waals surface area contributed by atoms with Gasteiger partial charge in [-0.3, -0.25) is 4.79 Å². The first-order chi connectivity index (χ1) is 23.7. The van der Waals surface area contributed by atoms with Gasteiger partial charge < -0.3 is 25.0 Å². The van der Waals surface area contributed by atoms with E-state index in [4.69, 9.17) is 38.2 Å². The summed E-state index contributed by atoms with van der Waals surface area (Å²) in [6.07, 6.45) is 5.69. The second kappa shape index (κ2) is 17.3. The fourth-order valence-electron chi connectivity index (χ4n) is 8.15. The zero-order valence-corrected chi connectivity index (χ0v) is 31.3. The maximum absolute atomic E-state index is 12.8. The van der Waals surface area contributed by atoms with Crippen molar-refractivity contribution in [2.24, 2.45) is 22.4 Å². The third-order valence-corrected chi connectivity index (χ3v) is 11.8. The molecule has 2 saturated carbocycles. The van der Waals surface area contributed by atoms with Gasteiger partial charge in [-0.1, -0.05) is 30.2 Å². The maximum Gasteiger partial charge on any atom is 0.415 e. The largest absolute Gasteiger partial charge is 0.446 e. The molecule has 0 radical (unpaired) electrons. The number of carbonyl (C=O) groups excluding carboxylic acids is 3. The monoisotopic (exact) mass is 824 g/mol. The van der Waals surface area contributed by atoms with E-state index in [2.05, 4.69) is 56.2 Å². The van der Waals surface area contributed by atoms with Crippen molar-refractivity contribution in [1.29, 1.82) is 0 Å². The van der Waals surface area contributed by atoms with Gasteiger partial charge in [0.05, 0.1) is 5.69 Å². The van der Waals surface area contributed by atoms with Crippen molar-refractivity contribution < 1.29 is 23.9 Å². The molecule has 2 N–H and O–H groups in total. The second-order valence-corrected chi connectivity index (χ2v) is 15.2. The van der Waals surface area contributed by atoms with Crippen LogP contribution in [0.15, 0.2) is 41.5 Å². The number of benzene rings is 2. The number of fused-ring (bicyclic) bond motifs is 5. The van der Waals surface area contributed by atoms with Gasteiger partial charge in [-0.15, -0.1) is 23.2 Å². The molecule has 2 aromatic rings. The summed E-state index contributed by atoms with van der Waals surface area (Å²) < 4.78 is 12.6. The molecule has 14 heteroatoms. The van der Waals surface area contributed by atoms with Crippen LogP contribution >= 0.6 is 45.8 Å². The SMILES string of the molecule is CC12CCC3c4ccc(OC(=O)N(CCCl)CCCl)cc4CCC3C1CCC2OC(=O)NCCNC(=O)CCc1ccc(N=[N+]=[N-])c(I)c1. The van der Waals surface area contributed by atoms with E-state index in [-0.39, 0.29) is 24.0 Å². The quantitative estimate of drug-likeness (QED) is 0.0523. The molecule has 2 aromatic carbocycles. The highest BCUT2D eigenvalue weighted by molar-refractivity contribution is 14.1. The fraction of sp³-hybridized carbons (Fsp3) is 0.571. The molecule has 0 aromatic heterocycles. The standard InChI is InChI=1S/C35H43Cl2IN6O5/c1-35-13-12-26-25-7-5-24(48-34(47)44(18-14-36)19-15-37)21-23(25)4-6-27(26)28(35)8-10-31(35)49-33(46)41-17-16-40-32(45)11-3-22-2-9-30(42-43-39)29(38)20-22/h2,5,7,9,20-21,26-28,31H,3-4,6,8,10-19H2,1H3,(H,40,45)(H,41,46). The van der Waals surface area contributed by atoms with Crippen LogP contribution < -0.4 is 15.4 Å². The molecule has 3 aliphatic carbocycles. The molecule has 264 valence electrons. The van der Waals surface area contributed by atoms with Crippen LogP contribution in [0.2, 0.25) is 0 Å². The minimum Gasteiger partial charge on any atom is -0.446 e. The summed E-state index contributed by atoms with van der Waals surface area (Å²) in [6, 6.07) is 11.5. The molecule has 5 atom stereocenters. The van der Waals surface area contributed by atoms with E-state index in [1.54, 1.807) is 6.07 Å². The number of rotatable bonds is 13. The van der Waals surface area contributed by atoms with Crippen LogP contribution in [0.25, 0.3) is 10.4 Å². The predicted molar refractivity (Wildman–Crippen MR) is 198 cm³/mol. The Morgan fingerprint density at radius 2 is 1.84 bits per heavy atom. The van der Waals surface area contributed by atoms with Crippen LogP contribution in [0, 0.1) is 20.8 Å². The lowest BCUT2D eigenvalue weighted by Gasteiger charge is -2.50. The molecule has 0 saturated heterocycles. The average Bonchev–Trinajstić information content (AvgIpc) is 3.42. The first-order valence-corrected chi connectivity index (χ1v) is 19.1. The summed E-state index contributed by atoms with van der Waals surface area (Å²) >= 11 is 13.8. The Hall–Kier alpha value is -2.93. The molecule has 5 rings (SSSR count). The van der Waals surface area contributed by atoms with Crippen molar-refractivity contribution >= 4 is 69.6 Å². The van der Waals surface area contributed by atoms with E-state index in [0.717, 1.165) is 47.7 Å². The highest BCUT2D eigenvalue weighted by atomic mass is 127. The molecule has 0 heterocycles. The number of nitrogens with one attached hydrogen (secondary N) is 2. The number of hydrogen-bond donors (Lipinski definition) is 2. The second-order valence-electron chi connectivity index (χ2n) is 13.3. The Morgan fingerprint density at radius 3 is 2.57 bits per heavy atom. The minimum atomic E-state index is -0.440. The van der Waals surface area contributed by atoms with E-state index in [9.17, 15) is 14.4 Å². The van der Waals surface area contributed by atoms with E-state index in [1.807, 2.05) is 24.3 Å². The normalized spacial score (nSPS) is 23.6. The Balaban J connectivity index is 1.07. The molecule has 0 spiro atoms. The number of aryl methyl sites for hydroxylation is 2. The lowest BCUT2D eigenvalue weighted by molar-refractivity contribution is -0.121. The average molecular weight is 826 g/mol. The van der Waals surface area contributed by atoms with Crippen LogP contribution in [-0.4, -0.2) is 67.0 Å². The number of carbonyl (C=O) groups is 3. The Morgan fingerprint density at radius 1 is 1.06 bits per heavy atom. The van der Waals surface area contributed by atoms with Crippen molar-refractivity contribution in [1.82, 2.24) is 15.5 Å². The molecule has 2 fully saturated rings. The van der Waals surface area contributed by atoms with Crippen molar-refractivity contribution in [3.05, 3.63) is 67.1 Å². The molecule has 49 heavy (non-hydrogen) atoms. The Bertz CT molecular complexity index is 1570. The molecule has 0 aliphatic heterocycles. The molecule has 3 aliphatic rings. The number of nitrogens with zero attached hydrogens (tertiary/aromatic N) is 4. The summed E-state index contributed by atoms with van der Waals surface area (Å²) in [5.41, 5.74) is 12.7. The lowest BCUT2D eigenvalue weighted by atomic mass is 9.55. The van der Waals surface area contributed by atoms with Crippen LogP contribution in [0.5, 0.6) is 5.75 Å². The number of hydrogen-bond acceptors (Lipinski definition) is 6. The molecular formula is C35H43Cl2IN6O5. The lowest BCUT2D eigenvalue weighted by Crippen LogP contribution is -2.46. The van der Waals surface area contributed by atoms with Gasteiger partial charge in [0.1, 0.15) is 11.9 Å². The smallest absolute Gasteiger partial charge is 0.415 e. The Kier molecular flexibility index (Phi) is 13.2. The van der Waals surface area contributed by atoms with Gasteiger partial charge in [0.2, 0.25) is 5.91 Å². The molecule has 11 nitrogen and oxygen atoms in total. The zero-order chi connectivity index (χ0) is 35.0. The van der Waals surface area contributed by atoms with Gasteiger partial charge in [0.25, 0.3) is 0 Å². The maximum atomic E-state index is 12.8. The van der Waals surface area contributed by atoms with Crippen molar-refractivity contribution in [3.8, 4) is 5.75 Å². The van der Waals surface area contributed by atoms with Crippen LogP contribution in [0.3, 0.4) is 0 Å². The summed E-state index contributed by atoms with van der Waals surface area (Å²) in [5.74, 6) is 2.49. The number of ether oxygens (including phenoxy) is 2. The predicted octanol–water partition coefficient (Wildman–Crippen LogP) is 8.21. The summed E-state index contributed by atoms with van der Waals surface area (Å²) in [5, 5.41) is 9.31. The topological polar surface area (TPSA) is 146 Å². The third kappa shape index (κ3) is 9.06. The van der Waals surface area contributed by atoms with Crippen molar-refractivity contribution in [2.45, 2.75) is 70.3 Å². The number of azide groups is 1. The number of halogens is 3. The fourth-order valence-corrected chi connectivity index (χ4v) is 9.25. The summed E-state index contributed by atoms with van der Waals surface area (Å²) in [7, 11) is 0. The number of alkyl halides is 2. The minimum absolute atomic E-state index is 0.0784. The highest BCUT2D eigenvalue weighted by Crippen LogP contribution is 2.61. The first kappa shape index (κ1) is 37.3. The van der Waals surface area contributed by atoms with Crippen molar-refractivity contribution in [2.75, 3.05) is 37.9 Å². The van der Waals surface area contributed by atoms with Gasteiger partial charge in [-0.2, -0.15) is 0 Å². The summed E-state index contributed by atoms with van der Waals surface area (Å²) in [4.78, 5) is 42.2. The first-order valence-electron chi connectivity index (χ1n) is 16.9. The van der Waals surface area contributed by atoms with Crippen LogP contribution in [-0.2, 0) is 22.4 Å². The Labute approximate surface area is 310 Å². The van der Waals surface area contributed by atoms with Crippen LogP contribution in [0.4, 0.5) is 15.3 Å². The molecular weight excluding hydrogens is 782 g/mol.